The van der Waals surface area contributed by atoms with Gasteiger partial charge in [0.15, 0.2) is 0 Å². The Morgan fingerprint density at radius 3 is 0.929 bits per heavy atom. The largest absolute Gasteiger partial charge is 0.466 e. The molecule has 2 unspecified atom stereocenters. The zero-order valence-electron chi connectivity index (χ0n) is 57.6. The van der Waals surface area contributed by atoms with Crippen LogP contribution in [-0.4, -0.2) is 47.4 Å². The number of nitrogens with one attached hydrogen (secondary N) is 1. The van der Waals surface area contributed by atoms with Crippen LogP contribution in [0.3, 0.4) is 0 Å². The first-order chi connectivity index (χ1) is 42.0. The van der Waals surface area contributed by atoms with Crippen LogP contribution in [0, 0.1) is 0 Å². The van der Waals surface area contributed by atoms with Crippen LogP contribution in [0.4, 0.5) is 0 Å². The highest BCUT2D eigenvalue weighted by Crippen LogP contribution is 2.19. The van der Waals surface area contributed by atoms with Crippen molar-refractivity contribution in [1.29, 1.82) is 0 Å². The second-order valence-corrected chi connectivity index (χ2v) is 26.7. The molecule has 0 aromatic heterocycles. The fourth-order valence-electron chi connectivity index (χ4n) is 12.3. The normalized spacial score (nSPS) is 12.7. The Kier molecular flexibility index (Phi) is 72.9. The molecule has 0 aliphatic heterocycles. The molecule has 0 aromatic carbocycles. The van der Waals surface area contributed by atoms with Gasteiger partial charge in [0.2, 0.25) is 5.91 Å². The Bertz CT molecular complexity index is 1380. The standard InChI is InChI=1S/C79H151NO5/c1-3-5-7-9-11-13-15-17-19-21-36-41-45-49-53-57-61-65-69-73-79(84)85-74-70-66-62-58-54-50-46-42-38-35-33-31-29-27-25-23-22-24-26-28-30-32-34-37-40-44-48-52-56-60-64-68-72-78(83)80-76(75-81)77(82)71-67-63-59-55-51-47-43-39-20-18-16-14-12-10-8-6-4-2/h11,13,17,19,25,27,76-77,81-82H,3-10,12,14-16,18,20-24,26,28-75H2,1-2H3,(H,80,83)/b13-11-,19-17-,27-25-. The van der Waals surface area contributed by atoms with E-state index in [1.807, 2.05) is 0 Å². The van der Waals surface area contributed by atoms with Crippen LogP contribution in [0.15, 0.2) is 36.5 Å². The van der Waals surface area contributed by atoms with E-state index in [2.05, 4.69) is 55.6 Å². The van der Waals surface area contributed by atoms with Crippen molar-refractivity contribution in [2.24, 2.45) is 0 Å². The lowest BCUT2D eigenvalue weighted by Crippen LogP contribution is -2.45. The Labute approximate surface area is 532 Å². The van der Waals surface area contributed by atoms with Crippen LogP contribution in [0.5, 0.6) is 0 Å². The molecular weight excluding hydrogens is 1040 g/mol. The summed E-state index contributed by atoms with van der Waals surface area (Å²) in [5.41, 5.74) is 0. The molecule has 0 aliphatic carbocycles. The summed E-state index contributed by atoms with van der Waals surface area (Å²) in [5, 5.41) is 23.4. The Balaban J connectivity index is 3.34. The number of esters is 1. The molecule has 3 N–H and O–H groups in total. The third kappa shape index (κ3) is 71.0. The maximum atomic E-state index is 12.5. The van der Waals surface area contributed by atoms with Crippen molar-refractivity contribution in [3.63, 3.8) is 0 Å². The number of carbonyl (C=O) groups is 2. The Hall–Kier alpha value is -1.92. The molecule has 0 bridgehead atoms. The van der Waals surface area contributed by atoms with Gasteiger partial charge in [0.1, 0.15) is 0 Å². The van der Waals surface area contributed by atoms with Gasteiger partial charge in [-0.3, -0.25) is 9.59 Å². The summed E-state index contributed by atoms with van der Waals surface area (Å²) in [6, 6.07) is -0.540. The van der Waals surface area contributed by atoms with Gasteiger partial charge in [-0.15, -0.1) is 0 Å². The topological polar surface area (TPSA) is 95.9 Å². The number of rotatable bonds is 73. The van der Waals surface area contributed by atoms with Gasteiger partial charge < -0.3 is 20.3 Å². The molecule has 0 aliphatic rings. The van der Waals surface area contributed by atoms with Gasteiger partial charge >= 0.3 is 5.97 Å². The van der Waals surface area contributed by atoms with E-state index < -0.39 is 12.1 Å². The van der Waals surface area contributed by atoms with Crippen molar-refractivity contribution in [2.75, 3.05) is 13.2 Å². The Morgan fingerprint density at radius 2 is 0.588 bits per heavy atom. The van der Waals surface area contributed by atoms with Crippen LogP contribution in [0.2, 0.25) is 0 Å². The zero-order valence-corrected chi connectivity index (χ0v) is 57.6. The van der Waals surface area contributed by atoms with Gasteiger partial charge in [-0.25, -0.2) is 0 Å². The summed E-state index contributed by atoms with van der Waals surface area (Å²) in [6.45, 7) is 4.97. The maximum absolute atomic E-state index is 12.5. The smallest absolute Gasteiger partial charge is 0.305 e. The minimum absolute atomic E-state index is 0.0151. The van der Waals surface area contributed by atoms with Crippen LogP contribution >= 0.6 is 0 Å². The highest BCUT2D eigenvalue weighted by molar-refractivity contribution is 5.76. The minimum Gasteiger partial charge on any atom is -0.466 e. The van der Waals surface area contributed by atoms with E-state index >= 15 is 0 Å². The van der Waals surface area contributed by atoms with Crippen LogP contribution < -0.4 is 5.32 Å². The van der Waals surface area contributed by atoms with E-state index in [0.29, 0.717) is 25.9 Å². The first-order valence-corrected chi connectivity index (χ1v) is 38.7. The second-order valence-electron chi connectivity index (χ2n) is 26.7. The molecular formula is C79H151NO5. The van der Waals surface area contributed by atoms with Gasteiger partial charge in [-0.05, 0) is 83.5 Å². The van der Waals surface area contributed by atoms with Crippen LogP contribution in [0.1, 0.15) is 431 Å². The first-order valence-electron chi connectivity index (χ1n) is 38.7. The molecule has 0 saturated heterocycles. The lowest BCUT2D eigenvalue weighted by Gasteiger charge is -2.22. The molecule has 0 fully saturated rings. The number of aliphatic hydroxyl groups is 2. The van der Waals surface area contributed by atoms with Crippen molar-refractivity contribution < 1.29 is 24.5 Å². The van der Waals surface area contributed by atoms with Gasteiger partial charge in [0, 0.05) is 12.8 Å². The van der Waals surface area contributed by atoms with Crippen LogP contribution in [-0.2, 0) is 14.3 Å². The van der Waals surface area contributed by atoms with E-state index in [9.17, 15) is 19.8 Å². The summed E-state index contributed by atoms with van der Waals surface area (Å²) < 4.78 is 5.51. The van der Waals surface area contributed by atoms with Crippen molar-refractivity contribution >= 4 is 11.9 Å². The number of unbranched alkanes of at least 4 members (excludes halogenated alkanes) is 56. The number of hydrogen-bond donors (Lipinski definition) is 3. The van der Waals surface area contributed by atoms with Crippen molar-refractivity contribution in [2.45, 2.75) is 443 Å². The number of aliphatic hydroxyl groups excluding tert-OH is 2. The quantitative estimate of drug-likeness (QED) is 0.0320. The van der Waals surface area contributed by atoms with Gasteiger partial charge in [0.05, 0.1) is 25.4 Å². The summed E-state index contributed by atoms with van der Waals surface area (Å²) >= 11 is 0. The third-order valence-corrected chi connectivity index (χ3v) is 18.2. The fourth-order valence-corrected chi connectivity index (χ4v) is 12.3. The van der Waals surface area contributed by atoms with Crippen molar-refractivity contribution in [3.05, 3.63) is 36.5 Å². The zero-order chi connectivity index (χ0) is 61.3. The average Bonchev–Trinajstić information content (AvgIpc) is 3.51. The SMILES string of the molecule is CCCCC/C=C\C/C=C\CCCCCCCCCCCC(=O)OCCCCCCCCCCCCCC/C=C\CCCCCCCCCCCCCCCCCCC(=O)NC(CO)C(O)CCCCCCCCCCCCCCCCCCC. The summed E-state index contributed by atoms with van der Waals surface area (Å²) in [5.74, 6) is -0.0134. The predicted octanol–water partition coefficient (Wildman–Crippen LogP) is 25.4. The van der Waals surface area contributed by atoms with Gasteiger partial charge in [-0.2, -0.15) is 0 Å². The van der Waals surface area contributed by atoms with Gasteiger partial charge in [0.25, 0.3) is 0 Å². The van der Waals surface area contributed by atoms with Gasteiger partial charge in [-0.1, -0.05) is 371 Å². The molecule has 0 aromatic rings. The number of hydrogen-bond acceptors (Lipinski definition) is 5. The summed E-state index contributed by atoms with van der Waals surface area (Å²) in [4.78, 5) is 24.7. The highest BCUT2D eigenvalue weighted by Gasteiger charge is 2.20. The number of carbonyl (C=O) groups excluding carboxylic acids is 2. The summed E-state index contributed by atoms with van der Waals surface area (Å²) in [6.07, 6.45) is 96.5. The molecule has 6 heteroatoms. The maximum Gasteiger partial charge on any atom is 0.305 e. The second kappa shape index (κ2) is 74.5. The van der Waals surface area contributed by atoms with Crippen molar-refractivity contribution in [3.8, 4) is 0 Å². The minimum atomic E-state index is -0.663. The Morgan fingerprint density at radius 1 is 0.329 bits per heavy atom. The lowest BCUT2D eigenvalue weighted by molar-refractivity contribution is -0.143. The molecule has 2 atom stereocenters. The third-order valence-electron chi connectivity index (χ3n) is 18.2. The number of ether oxygens (including phenoxy) is 1. The molecule has 502 valence electrons. The predicted molar refractivity (Wildman–Crippen MR) is 375 cm³/mol. The molecule has 0 saturated carbocycles. The summed E-state index contributed by atoms with van der Waals surface area (Å²) in [7, 11) is 0. The molecule has 6 nitrogen and oxygen atoms in total. The molecule has 0 radical (unpaired) electrons. The average molecular weight is 1200 g/mol. The highest BCUT2D eigenvalue weighted by atomic mass is 16.5. The molecule has 0 spiro atoms. The van der Waals surface area contributed by atoms with E-state index in [1.165, 1.54) is 347 Å². The van der Waals surface area contributed by atoms with E-state index in [4.69, 9.17) is 4.74 Å². The lowest BCUT2D eigenvalue weighted by atomic mass is 10.0. The van der Waals surface area contributed by atoms with Crippen LogP contribution in [0.25, 0.3) is 0 Å². The van der Waals surface area contributed by atoms with Crippen molar-refractivity contribution in [1.82, 2.24) is 5.32 Å². The molecule has 1 amide bonds. The number of amides is 1. The molecule has 0 heterocycles. The monoisotopic (exact) mass is 1190 g/mol. The number of allylic oxidation sites excluding steroid dienone is 6. The fraction of sp³-hybridized carbons (Fsp3) is 0.899. The van der Waals surface area contributed by atoms with E-state index in [0.717, 1.165) is 51.4 Å². The molecule has 85 heavy (non-hydrogen) atoms. The first kappa shape index (κ1) is 83.1. The molecule has 0 rings (SSSR count). The van der Waals surface area contributed by atoms with E-state index in [-0.39, 0.29) is 18.5 Å². The van der Waals surface area contributed by atoms with E-state index in [1.54, 1.807) is 0 Å².